The summed E-state index contributed by atoms with van der Waals surface area (Å²) in [5.74, 6) is 0.859. The van der Waals surface area contributed by atoms with Crippen LogP contribution in [-0.4, -0.2) is 12.2 Å². The monoisotopic (exact) mass is 310 g/mol. The molecule has 2 rings (SSSR count). The van der Waals surface area contributed by atoms with E-state index in [0.717, 1.165) is 28.0 Å². The minimum absolute atomic E-state index is 0.557. The molecule has 0 saturated heterocycles. The van der Waals surface area contributed by atoms with Gasteiger partial charge in [0.25, 0.3) is 0 Å². The normalized spacial score (nSPS) is 12.5. The highest BCUT2D eigenvalue weighted by Gasteiger charge is 2.18. The number of aliphatic hydroxyl groups is 1. The van der Waals surface area contributed by atoms with Gasteiger partial charge in [-0.25, -0.2) is 0 Å². The highest BCUT2D eigenvalue weighted by molar-refractivity contribution is 9.10. The first-order chi connectivity index (χ1) is 8.54. The molecule has 0 spiro atoms. The molecule has 1 aromatic heterocycles. The van der Waals surface area contributed by atoms with Crippen LogP contribution in [0.2, 0.25) is 0 Å². The van der Waals surface area contributed by atoms with Gasteiger partial charge in [0.15, 0.2) is 4.67 Å². The number of rotatable bonds is 3. The van der Waals surface area contributed by atoms with E-state index in [1.807, 2.05) is 26.0 Å². The van der Waals surface area contributed by atoms with E-state index in [-0.39, 0.29) is 0 Å². The van der Waals surface area contributed by atoms with E-state index in [4.69, 9.17) is 9.15 Å². The first-order valence-corrected chi connectivity index (χ1v) is 6.40. The fraction of sp³-hybridized carbons (Fsp3) is 0.286. The summed E-state index contributed by atoms with van der Waals surface area (Å²) < 4.78 is 11.0. The van der Waals surface area contributed by atoms with Crippen LogP contribution in [0.4, 0.5) is 0 Å². The number of furan rings is 1. The maximum atomic E-state index is 10.3. The van der Waals surface area contributed by atoms with Crippen molar-refractivity contribution in [3.63, 3.8) is 0 Å². The van der Waals surface area contributed by atoms with Crippen molar-refractivity contribution in [2.45, 2.75) is 20.0 Å². The summed E-state index contributed by atoms with van der Waals surface area (Å²) >= 11 is 3.28. The number of hydrogen-bond donors (Lipinski definition) is 1. The summed E-state index contributed by atoms with van der Waals surface area (Å²) in [6.07, 6.45) is 0.840. The van der Waals surface area contributed by atoms with E-state index in [9.17, 15) is 5.11 Å². The fourth-order valence-electron chi connectivity index (χ4n) is 2.14. The van der Waals surface area contributed by atoms with Gasteiger partial charge < -0.3 is 14.3 Å². The molecule has 1 unspecified atom stereocenters. The molecule has 0 bridgehead atoms. The predicted molar refractivity (Wildman–Crippen MR) is 72.9 cm³/mol. The molecule has 1 atom stereocenters. The van der Waals surface area contributed by atoms with Gasteiger partial charge in [0.05, 0.1) is 13.4 Å². The molecule has 4 heteroatoms. The van der Waals surface area contributed by atoms with Crippen LogP contribution in [0.25, 0.3) is 0 Å². The second-order valence-electron chi connectivity index (χ2n) is 4.24. The molecule has 2 aromatic rings. The van der Waals surface area contributed by atoms with Gasteiger partial charge in [-0.3, -0.25) is 0 Å². The topological polar surface area (TPSA) is 42.6 Å². The Labute approximate surface area is 115 Å². The third kappa shape index (κ3) is 2.31. The Bertz CT molecular complexity index is 537. The Balaban J connectivity index is 2.43. The standard InChI is InChI=1S/C14H15BrO3/c1-8-6-10(7-9(2)13(8)17-3)12(16)11-4-5-18-14(11)15/h4-7,12,16H,1-3H3. The van der Waals surface area contributed by atoms with Gasteiger partial charge in [0.1, 0.15) is 11.9 Å². The number of hydrogen-bond acceptors (Lipinski definition) is 3. The van der Waals surface area contributed by atoms with E-state index in [1.54, 1.807) is 19.4 Å². The summed E-state index contributed by atoms with van der Waals surface area (Å²) in [5.41, 5.74) is 3.56. The zero-order valence-electron chi connectivity index (χ0n) is 10.5. The van der Waals surface area contributed by atoms with Gasteiger partial charge in [-0.2, -0.15) is 0 Å². The third-order valence-corrected chi connectivity index (χ3v) is 3.59. The van der Waals surface area contributed by atoms with Gasteiger partial charge in [0, 0.05) is 5.56 Å². The molecule has 0 amide bonds. The average Bonchev–Trinajstić information content (AvgIpc) is 2.74. The number of benzene rings is 1. The molecule has 0 aliphatic rings. The van der Waals surface area contributed by atoms with Crippen molar-refractivity contribution in [2.75, 3.05) is 7.11 Å². The van der Waals surface area contributed by atoms with Crippen molar-refractivity contribution in [1.82, 2.24) is 0 Å². The minimum atomic E-state index is -0.707. The summed E-state index contributed by atoms with van der Waals surface area (Å²) in [5, 5.41) is 10.3. The number of aryl methyl sites for hydroxylation is 2. The van der Waals surface area contributed by atoms with E-state index >= 15 is 0 Å². The molecule has 1 aromatic carbocycles. The number of halogens is 1. The Morgan fingerprint density at radius 3 is 2.33 bits per heavy atom. The molecule has 0 radical (unpaired) electrons. The van der Waals surface area contributed by atoms with Crippen LogP contribution in [0.5, 0.6) is 5.75 Å². The van der Waals surface area contributed by atoms with Crippen LogP contribution in [0, 0.1) is 13.8 Å². The molecule has 0 fully saturated rings. The zero-order valence-corrected chi connectivity index (χ0v) is 12.1. The van der Waals surface area contributed by atoms with Crippen LogP contribution in [-0.2, 0) is 0 Å². The molecule has 1 N–H and O–H groups in total. The largest absolute Gasteiger partial charge is 0.496 e. The number of methoxy groups -OCH3 is 1. The van der Waals surface area contributed by atoms with E-state index in [0.29, 0.717) is 4.67 Å². The van der Waals surface area contributed by atoms with Crippen molar-refractivity contribution in [3.05, 3.63) is 51.4 Å². The Hall–Kier alpha value is -1.26. The molecule has 3 nitrogen and oxygen atoms in total. The van der Waals surface area contributed by atoms with Gasteiger partial charge in [-0.05, 0) is 64.7 Å². The zero-order chi connectivity index (χ0) is 13.3. The summed E-state index contributed by atoms with van der Waals surface area (Å²) in [6, 6.07) is 5.61. The van der Waals surface area contributed by atoms with E-state index < -0.39 is 6.10 Å². The van der Waals surface area contributed by atoms with E-state index in [1.165, 1.54) is 0 Å². The molecule has 96 valence electrons. The summed E-state index contributed by atoms with van der Waals surface area (Å²) in [7, 11) is 1.65. The third-order valence-electron chi connectivity index (χ3n) is 2.94. The Kier molecular flexibility index (Phi) is 3.78. The van der Waals surface area contributed by atoms with Crippen LogP contribution < -0.4 is 4.74 Å². The summed E-state index contributed by atoms with van der Waals surface area (Å²) in [6.45, 7) is 3.93. The number of aliphatic hydroxyl groups excluding tert-OH is 1. The number of ether oxygens (including phenoxy) is 1. The van der Waals surface area contributed by atoms with Gasteiger partial charge >= 0.3 is 0 Å². The van der Waals surface area contributed by atoms with Crippen LogP contribution in [0.3, 0.4) is 0 Å². The quantitative estimate of drug-likeness (QED) is 0.939. The van der Waals surface area contributed by atoms with Crippen molar-refractivity contribution >= 4 is 15.9 Å². The molecule has 0 aliphatic carbocycles. The van der Waals surface area contributed by atoms with Crippen LogP contribution >= 0.6 is 15.9 Å². The van der Waals surface area contributed by atoms with Crippen molar-refractivity contribution < 1.29 is 14.3 Å². The second-order valence-corrected chi connectivity index (χ2v) is 4.96. The van der Waals surface area contributed by atoms with Crippen LogP contribution in [0.15, 0.2) is 33.5 Å². The van der Waals surface area contributed by atoms with Gasteiger partial charge in [-0.1, -0.05) is 0 Å². The molecular weight excluding hydrogens is 296 g/mol. The van der Waals surface area contributed by atoms with Crippen molar-refractivity contribution in [1.29, 1.82) is 0 Å². The highest BCUT2D eigenvalue weighted by Crippen LogP contribution is 2.33. The smallest absolute Gasteiger partial charge is 0.175 e. The predicted octanol–water partition coefficient (Wildman–Crippen LogP) is 3.75. The van der Waals surface area contributed by atoms with Crippen molar-refractivity contribution in [2.24, 2.45) is 0 Å². The minimum Gasteiger partial charge on any atom is -0.496 e. The summed E-state index contributed by atoms with van der Waals surface area (Å²) in [4.78, 5) is 0. The van der Waals surface area contributed by atoms with Crippen LogP contribution in [0.1, 0.15) is 28.4 Å². The Morgan fingerprint density at radius 1 is 1.28 bits per heavy atom. The first kappa shape index (κ1) is 13.2. The lowest BCUT2D eigenvalue weighted by molar-refractivity contribution is 0.217. The Morgan fingerprint density at radius 2 is 1.89 bits per heavy atom. The maximum absolute atomic E-state index is 10.3. The lowest BCUT2D eigenvalue weighted by Crippen LogP contribution is -2.01. The first-order valence-electron chi connectivity index (χ1n) is 5.60. The fourth-order valence-corrected chi connectivity index (χ4v) is 2.60. The molecular formula is C14H15BrO3. The van der Waals surface area contributed by atoms with Crippen molar-refractivity contribution in [3.8, 4) is 5.75 Å². The van der Waals surface area contributed by atoms with E-state index in [2.05, 4.69) is 15.9 Å². The molecule has 0 saturated carbocycles. The highest BCUT2D eigenvalue weighted by atomic mass is 79.9. The lowest BCUT2D eigenvalue weighted by atomic mass is 9.99. The van der Waals surface area contributed by atoms with Gasteiger partial charge in [-0.15, -0.1) is 0 Å². The molecule has 1 heterocycles. The molecule has 18 heavy (non-hydrogen) atoms. The van der Waals surface area contributed by atoms with Gasteiger partial charge in [0.2, 0.25) is 0 Å². The SMILES string of the molecule is COc1c(C)cc(C(O)c2ccoc2Br)cc1C. The maximum Gasteiger partial charge on any atom is 0.175 e. The second kappa shape index (κ2) is 5.16. The molecule has 0 aliphatic heterocycles. The average molecular weight is 311 g/mol. The lowest BCUT2D eigenvalue weighted by Gasteiger charge is -2.15.